The highest BCUT2D eigenvalue weighted by Gasteiger charge is 2.32. The van der Waals surface area contributed by atoms with E-state index < -0.39 is 29.8 Å². The molecule has 0 bridgehead atoms. The van der Waals surface area contributed by atoms with Gasteiger partial charge in [-0.1, -0.05) is 12.1 Å². The Morgan fingerprint density at radius 3 is 2.81 bits per heavy atom. The third kappa shape index (κ3) is 3.78. The summed E-state index contributed by atoms with van der Waals surface area (Å²) < 4.78 is 13.1. The highest BCUT2D eigenvalue weighted by molar-refractivity contribution is 5.84. The lowest BCUT2D eigenvalue weighted by Gasteiger charge is -2.33. The van der Waals surface area contributed by atoms with Gasteiger partial charge in [0.1, 0.15) is 11.9 Å². The van der Waals surface area contributed by atoms with Gasteiger partial charge in [-0.3, -0.25) is 4.79 Å². The van der Waals surface area contributed by atoms with E-state index in [0.29, 0.717) is 18.5 Å². The van der Waals surface area contributed by atoms with Gasteiger partial charge in [0.25, 0.3) is 0 Å². The van der Waals surface area contributed by atoms with Crippen molar-refractivity contribution in [1.29, 1.82) is 0 Å². The molecule has 1 heterocycles. The molecule has 0 radical (unpaired) electrons. The number of carboxylic acid groups (broad SMARTS) is 1. The highest BCUT2D eigenvalue weighted by Crippen LogP contribution is 2.23. The van der Waals surface area contributed by atoms with Crippen molar-refractivity contribution in [3.05, 3.63) is 35.6 Å². The molecule has 114 valence electrons. The minimum Gasteiger partial charge on any atom is -0.480 e. The monoisotopic (exact) mass is 295 g/mol. The van der Waals surface area contributed by atoms with Crippen LogP contribution in [0.25, 0.3) is 0 Å². The van der Waals surface area contributed by atoms with E-state index in [-0.39, 0.29) is 6.42 Å². The van der Waals surface area contributed by atoms with Gasteiger partial charge in [0, 0.05) is 6.54 Å². The molecule has 2 rings (SSSR count). The molecule has 1 amide bonds. The number of amides is 1. The molecule has 0 aliphatic carbocycles. The Morgan fingerprint density at radius 1 is 1.38 bits per heavy atom. The number of rotatable bonds is 4. The minimum atomic E-state index is -1.13. The second-order valence-corrected chi connectivity index (χ2v) is 5.21. The van der Waals surface area contributed by atoms with Crippen LogP contribution in [0.4, 0.5) is 4.39 Å². The summed E-state index contributed by atoms with van der Waals surface area (Å²) in [6.45, 7) is 0.381. The molecule has 1 aliphatic heterocycles. The maximum absolute atomic E-state index is 13.1. The second-order valence-electron chi connectivity index (χ2n) is 5.21. The number of benzene rings is 1. The third-order valence-corrected chi connectivity index (χ3v) is 3.71. The van der Waals surface area contributed by atoms with Crippen molar-refractivity contribution in [3.8, 4) is 0 Å². The van der Waals surface area contributed by atoms with Crippen molar-refractivity contribution in [2.45, 2.75) is 37.8 Å². The zero-order valence-electron chi connectivity index (χ0n) is 11.5. The van der Waals surface area contributed by atoms with Crippen LogP contribution >= 0.6 is 0 Å². The molecule has 2 N–H and O–H groups in total. The van der Waals surface area contributed by atoms with E-state index in [9.17, 15) is 19.1 Å². The Labute approximate surface area is 122 Å². The normalized spacial score (nSPS) is 20.1. The first-order chi connectivity index (χ1) is 9.99. The van der Waals surface area contributed by atoms with Crippen LogP contribution < -0.4 is 0 Å². The van der Waals surface area contributed by atoms with Gasteiger partial charge in [-0.15, -0.1) is 0 Å². The zero-order chi connectivity index (χ0) is 15.4. The average Bonchev–Trinajstić information content (AvgIpc) is 2.47. The van der Waals surface area contributed by atoms with Crippen molar-refractivity contribution in [1.82, 2.24) is 4.90 Å². The highest BCUT2D eigenvalue weighted by atomic mass is 19.1. The Balaban J connectivity index is 2.04. The molecule has 1 aromatic carbocycles. The van der Waals surface area contributed by atoms with Gasteiger partial charge in [0.05, 0.1) is 12.5 Å². The topological polar surface area (TPSA) is 77.8 Å². The number of halogens is 1. The first kappa shape index (κ1) is 15.4. The number of nitrogens with zero attached hydrogens (tertiary/aromatic N) is 1. The molecule has 0 saturated carbocycles. The summed E-state index contributed by atoms with van der Waals surface area (Å²) in [5, 5.41) is 19.1. The fourth-order valence-corrected chi connectivity index (χ4v) is 2.60. The fourth-order valence-electron chi connectivity index (χ4n) is 2.60. The lowest BCUT2D eigenvalue weighted by Crippen LogP contribution is -2.48. The van der Waals surface area contributed by atoms with Gasteiger partial charge < -0.3 is 15.1 Å². The number of aliphatic carboxylic acids is 1. The van der Waals surface area contributed by atoms with Crippen molar-refractivity contribution in [2.75, 3.05) is 6.54 Å². The summed E-state index contributed by atoms with van der Waals surface area (Å²) in [5.74, 6) is -1.93. The van der Waals surface area contributed by atoms with Crippen LogP contribution in [0.5, 0.6) is 0 Å². The number of aliphatic hydroxyl groups excluding tert-OH is 1. The van der Waals surface area contributed by atoms with Crippen LogP contribution in [-0.2, 0) is 9.59 Å². The number of carbonyl (C=O) groups excluding carboxylic acids is 1. The molecule has 1 fully saturated rings. The smallest absolute Gasteiger partial charge is 0.326 e. The predicted molar refractivity (Wildman–Crippen MR) is 73.0 cm³/mol. The van der Waals surface area contributed by atoms with E-state index in [2.05, 4.69) is 0 Å². The van der Waals surface area contributed by atoms with Gasteiger partial charge >= 0.3 is 5.97 Å². The van der Waals surface area contributed by atoms with Gasteiger partial charge in [-0.25, -0.2) is 9.18 Å². The SMILES string of the molecule is O=C(O)[C@@H]1CCCCN1C(=O)C[C@@H](O)c1cccc(F)c1. The fraction of sp³-hybridized carbons (Fsp3) is 0.467. The molecule has 2 atom stereocenters. The van der Waals surface area contributed by atoms with Crippen LogP contribution in [0.3, 0.4) is 0 Å². The van der Waals surface area contributed by atoms with E-state index >= 15 is 0 Å². The van der Waals surface area contributed by atoms with E-state index in [1.54, 1.807) is 0 Å². The number of hydrogen-bond acceptors (Lipinski definition) is 3. The first-order valence-corrected chi connectivity index (χ1v) is 6.95. The number of piperidine rings is 1. The number of hydrogen-bond donors (Lipinski definition) is 2. The summed E-state index contributed by atoms with van der Waals surface area (Å²) in [7, 11) is 0. The maximum Gasteiger partial charge on any atom is 0.326 e. The van der Waals surface area contributed by atoms with Crippen LogP contribution in [0.15, 0.2) is 24.3 Å². The van der Waals surface area contributed by atoms with E-state index in [4.69, 9.17) is 5.11 Å². The van der Waals surface area contributed by atoms with Crippen LogP contribution in [0, 0.1) is 5.82 Å². The number of aliphatic hydroxyl groups is 1. The molecule has 0 aromatic heterocycles. The molecule has 1 saturated heterocycles. The molecule has 1 aliphatic rings. The Hall–Kier alpha value is -1.95. The lowest BCUT2D eigenvalue weighted by molar-refractivity contribution is -0.153. The quantitative estimate of drug-likeness (QED) is 0.886. The van der Waals surface area contributed by atoms with Gasteiger partial charge in [-0.2, -0.15) is 0 Å². The van der Waals surface area contributed by atoms with Crippen LogP contribution in [0.2, 0.25) is 0 Å². The van der Waals surface area contributed by atoms with Gasteiger partial charge in [-0.05, 0) is 37.0 Å². The minimum absolute atomic E-state index is 0.243. The van der Waals surface area contributed by atoms with Gasteiger partial charge in [0.2, 0.25) is 5.91 Å². The summed E-state index contributed by atoms with van der Waals surface area (Å²) in [6.07, 6.45) is 0.577. The summed E-state index contributed by atoms with van der Waals surface area (Å²) in [5.41, 5.74) is 0.312. The molecule has 6 heteroatoms. The summed E-state index contributed by atoms with van der Waals surface area (Å²) in [6, 6.07) is 4.59. The van der Waals surface area contributed by atoms with Crippen molar-refractivity contribution in [2.24, 2.45) is 0 Å². The molecular weight excluding hydrogens is 277 g/mol. The van der Waals surface area contributed by atoms with Crippen molar-refractivity contribution >= 4 is 11.9 Å². The van der Waals surface area contributed by atoms with E-state index in [1.165, 1.54) is 29.2 Å². The Bertz CT molecular complexity index is 534. The van der Waals surface area contributed by atoms with Crippen LogP contribution in [-0.4, -0.2) is 39.6 Å². The third-order valence-electron chi connectivity index (χ3n) is 3.71. The molecular formula is C15H18FNO4. The number of likely N-dealkylation sites (tertiary alicyclic amines) is 1. The van der Waals surface area contributed by atoms with Crippen molar-refractivity contribution in [3.63, 3.8) is 0 Å². The molecule has 0 unspecified atom stereocenters. The molecule has 5 nitrogen and oxygen atoms in total. The largest absolute Gasteiger partial charge is 0.480 e. The Morgan fingerprint density at radius 2 is 2.14 bits per heavy atom. The molecule has 0 spiro atoms. The van der Waals surface area contributed by atoms with E-state index in [0.717, 1.165) is 12.8 Å². The average molecular weight is 295 g/mol. The number of carbonyl (C=O) groups is 2. The first-order valence-electron chi connectivity index (χ1n) is 6.95. The number of carboxylic acids is 1. The van der Waals surface area contributed by atoms with Crippen molar-refractivity contribution < 1.29 is 24.2 Å². The standard InChI is InChI=1S/C15H18FNO4/c16-11-5-3-4-10(8-11)13(18)9-14(19)17-7-2-1-6-12(17)15(20)21/h3-5,8,12-13,18H,1-2,6-7,9H2,(H,20,21)/t12-,13+/m0/s1. The zero-order valence-corrected chi connectivity index (χ0v) is 11.5. The summed E-state index contributed by atoms with van der Waals surface area (Å²) in [4.78, 5) is 24.7. The van der Waals surface area contributed by atoms with Gasteiger partial charge in [0.15, 0.2) is 0 Å². The van der Waals surface area contributed by atoms with E-state index in [1.807, 2.05) is 0 Å². The Kier molecular flexibility index (Phi) is 4.90. The molecule has 1 aromatic rings. The summed E-state index contributed by atoms with van der Waals surface area (Å²) >= 11 is 0. The maximum atomic E-state index is 13.1. The molecule has 21 heavy (non-hydrogen) atoms. The predicted octanol–water partition coefficient (Wildman–Crippen LogP) is 1.71. The second kappa shape index (κ2) is 6.67. The lowest BCUT2D eigenvalue weighted by atomic mass is 10.00. The van der Waals surface area contributed by atoms with Crippen LogP contribution in [0.1, 0.15) is 37.4 Å².